The highest BCUT2D eigenvalue weighted by Crippen LogP contribution is 2.27. The fraction of sp³-hybridized carbons (Fsp3) is 0.294. The van der Waals surface area contributed by atoms with Crippen LogP contribution in [0, 0.1) is 6.92 Å². The molecule has 1 unspecified atom stereocenters. The Morgan fingerprint density at radius 2 is 2.08 bits per heavy atom. The van der Waals surface area contributed by atoms with Crippen molar-refractivity contribution in [1.29, 1.82) is 0 Å². The van der Waals surface area contributed by atoms with Gasteiger partial charge in [-0.2, -0.15) is 0 Å². The summed E-state index contributed by atoms with van der Waals surface area (Å²) in [5.41, 5.74) is 0.870. The first-order valence-electron chi connectivity index (χ1n) is 8.05. The predicted molar refractivity (Wildman–Crippen MR) is 91.6 cm³/mol. The number of aromatic nitrogens is 4. The van der Waals surface area contributed by atoms with Gasteiger partial charge in [0.15, 0.2) is 0 Å². The van der Waals surface area contributed by atoms with Gasteiger partial charge in [-0.3, -0.25) is 19.6 Å². The van der Waals surface area contributed by atoms with Crippen LogP contribution in [0.3, 0.4) is 0 Å². The van der Waals surface area contributed by atoms with E-state index in [1.54, 1.807) is 17.9 Å². The van der Waals surface area contributed by atoms with Crippen molar-refractivity contribution in [3.8, 4) is 0 Å². The second kappa shape index (κ2) is 5.44. The Hall–Kier alpha value is -3.16. The van der Waals surface area contributed by atoms with Crippen LogP contribution in [0.25, 0.3) is 11.0 Å². The van der Waals surface area contributed by atoms with Crippen LogP contribution in [0.1, 0.15) is 34.7 Å². The highest BCUT2D eigenvalue weighted by atomic mass is 16.2. The van der Waals surface area contributed by atoms with Crippen molar-refractivity contribution in [2.75, 3.05) is 6.54 Å². The Labute approximate surface area is 142 Å². The molecular weight excluding hydrogens is 322 g/mol. The second-order valence-corrected chi connectivity index (χ2v) is 6.26. The van der Waals surface area contributed by atoms with E-state index in [-0.39, 0.29) is 28.7 Å². The Balaban J connectivity index is 1.79. The topological polar surface area (TPSA) is 104 Å². The van der Waals surface area contributed by atoms with E-state index in [9.17, 15) is 14.4 Å². The molecule has 1 amide bonds. The lowest BCUT2D eigenvalue weighted by atomic mass is 10.1. The van der Waals surface area contributed by atoms with Gasteiger partial charge >= 0.3 is 5.69 Å². The molecule has 3 aromatic heterocycles. The first-order chi connectivity index (χ1) is 12.0. The zero-order chi connectivity index (χ0) is 17.7. The maximum atomic E-state index is 13.0. The van der Waals surface area contributed by atoms with Crippen LogP contribution in [0.2, 0.25) is 0 Å². The van der Waals surface area contributed by atoms with Gasteiger partial charge in [0.25, 0.3) is 11.5 Å². The van der Waals surface area contributed by atoms with E-state index in [0.29, 0.717) is 12.1 Å². The molecule has 0 bridgehead atoms. The number of H-pyrrole nitrogens is 2. The molecule has 4 heterocycles. The molecule has 2 N–H and O–H groups in total. The Kier molecular flexibility index (Phi) is 3.34. The van der Waals surface area contributed by atoms with Crippen molar-refractivity contribution >= 4 is 16.9 Å². The molecule has 0 fully saturated rings. The minimum atomic E-state index is -0.641. The zero-order valence-corrected chi connectivity index (χ0v) is 13.9. The highest BCUT2D eigenvalue weighted by molar-refractivity contribution is 5.95. The quantitative estimate of drug-likeness (QED) is 0.688. The van der Waals surface area contributed by atoms with Crippen molar-refractivity contribution in [1.82, 2.24) is 24.4 Å². The molecule has 4 rings (SSSR count). The van der Waals surface area contributed by atoms with Gasteiger partial charge in [0, 0.05) is 25.0 Å². The molecule has 0 saturated carbocycles. The van der Waals surface area contributed by atoms with E-state index in [4.69, 9.17) is 0 Å². The van der Waals surface area contributed by atoms with Crippen molar-refractivity contribution in [3.63, 3.8) is 0 Å². The number of fused-ring (bicyclic) bond motifs is 2. The summed E-state index contributed by atoms with van der Waals surface area (Å²) in [4.78, 5) is 47.1. The summed E-state index contributed by atoms with van der Waals surface area (Å²) in [6, 6.07) is 5.49. The fourth-order valence-electron chi connectivity index (χ4n) is 3.47. The first-order valence-corrected chi connectivity index (χ1v) is 8.05. The second-order valence-electron chi connectivity index (χ2n) is 6.26. The van der Waals surface area contributed by atoms with Gasteiger partial charge in [0.2, 0.25) is 0 Å². The molecule has 0 aromatic carbocycles. The number of aryl methyl sites for hydroxylation is 1. The highest BCUT2D eigenvalue weighted by Gasteiger charge is 2.29. The lowest BCUT2D eigenvalue weighted by molar-refractivity contribution is 0.0638. The van der Waals surface area contributed by atoms with E-state index in [1.807, 2.05) is 25.3 Å². The van der Waals surface area contributed by atoms with Crippen molar-refractivity contribution in [2.45, 2.75) is 26.4 Å². The Bertz CT molecular complexity index is 1110. The third kappa shape index (κ3) is 2.37. The molecular formula is C17H17N5O3. The van der Waals surface area contributed by atoms with Crippen molar-refractivity contribution in [2.24, 2.45) is 0 Å². The summed E-state index contributed by atoms with van der Waals surface area (Å²) in [7, 11) is 0. The van der Waals surface area contributed by atoms with E-state index < -0.39 is 11.2 Å². The van der Waals surface area contributed by atoms with E-state index in [0.717, 1.165) is 12.2 Å². The molecule has 0 saturated heterocycles. The third-order valence-electron chi connectivity index (χ3n) is 4.72. The number of hydrogen-bond donors (Lipinski definition) is 2. The molecule has 1 aliphatic heterocycles. The molecule has 0 spiro atoms. The summed E-state index contributed by atoms with van der Waals surface area (Å²) in [5, 5.41) is 0.289. The number of pyridine rings is 1. The van der Waals surface area contributed by atoms with Gasteiger partial charge in [-0.15, -0.1) is 0 Å². The molecule has 3 aromatic rings. The number of aromatic amines is 2. The molecule has 8 nitrogen and oxygen atoms in total. The number of nitrogens with zero attached hydrogens (tertiary/aromatic N) is 3. The maximum Gasteiger partial charge on any atom is 0.327 e. The number of amides is 1. The number of rotatable bonds is 1. The average molecular weight is 339 g/mol. The largest absolute Gasteiger partial charge is 0.348 e. The lowest BCUT2D eigenvalue weighted by Crippen LogP contribution is -2.41. The van der Waals surface area contributed by atoms with Crippen LogP contribution < -0.4 is 11.2 Å². The molecule has 8 heteroatoms. The SMILES string of the molecule is Cc1cc(C(=O)N2CCn3cccc3C2C)nc2[nH]c(=O)[nH]c(=O)c12. The predicted octanol–water partition coefficient (Wildman–Crippen LogP) is 0.938. The zero-order valence-electron chi connectivity index (χ0n) is 13.9. The van der Waals surface area contributed by atoms with Gasteiger partial charge in [-0.05, 0) is 37.6 Å². The number of carbonyl (C=O) groups is 1. The van der Waals surface area contributed by atoms with Gasteiger partial charge in [0.05, 0.1) is 11.4 Å². The van der Waals surface area contributed by atoms with Crippen LogP contribution in [-0.2, 0) is 6.54 Å². The summed E-state index contributed by atoms with van der Waals surface area (Å²) in [6.07, 6.45) is 2.00. The normalized spacial score (nSPS) is 16.9. The Morgan fingerprint density at radius 3 is 2.88 bits per heavy atom. The van der Waals surface area contributed by atoms with Gasteiger partial charge in [-0.1, -0.05) is 0 Å². The minimum Gasteiger partial charge on any atom is -0.348 e. The maximum absolute atomic E-state index is 13.0. The lowest BCUT2D eigenvalue weighted by Gasteiger charge is -2.34. The number of hydrogen-bond acceptors (Lipinski definition) is 4. The summed E-state index contributed by atoms with van der Waals surface area (Å²) in [5.74, 6) is -0.217. The first kappa shape index (κ1) is 15.4. The van der Waals surface area contributed by atoms with Crippen molar-refractivity contribution < 1.29 is 4.79 Å². The van der Waals surface area contributed by atoms with Gasteiger partial charge in [-0.25, -0.2) is 9.78 Å². The van der Waals surface area contributed by atoms with Crippen LogP contribution in [-0.4, -0.2) is 36.9 Å². The minimum absolute atomic E-state index is 0.0766. The van der Waals surface area contributed by atoms with E-state index >= 15 is 0 Å². The average Bonchev–Trinajstić information content (AvgIpc) is 3.03. The summed E-state index contributed by atoms with van der Waals surface area (Å²) >= 11 is 0. The monoisotopic (exact) mass is 339 g/mol. The number of carbonyl (C=O) groups excluding carboxylic acids is 1. The Morgan fingerprint density at radius 1 is 1.28 bits per heavy atom. The molecule has 128 valence electrons. The van der Waals surface area contributed by atoms with Crippen LogP contribution in [0.4, 0.5) is 0 Å². The smallest absolute Gasteiger partial charge is 0.327 e. The molecule has 1 atom stereocenters. The van der Waals surface area contributed by atoms with E-state index in [1.165, 1.54) is 0 Å². The van der Waals surface area contributed by atoms with Crippen molar-refractivity contribution in [3.05, 3.63) is 62.2 Å². The number of nitrogens with one attached hydrogen (secondary N) is 2. The standard InChI is InChI=1S/C17H17N5O3/c1-9-8-11(18-14-13(9)15(23)20-17(25)19-14)16(24)22-7-6-21-5-3-4-12(21)10(22)2/h3-5,8,10H,6-7H2,1-2H3,(H2,18,19,20,23,25). The molecule has 0 radical (unpaired) electrons. The fourth-order valence-corrected chi connectivity index (χ4v) is 3.47. The summed E-state index contributed by atoms with van der Waals surface area (Å²) < 4.78 is 2.13. The van der Waals surface area contributed by atoms with E-state index in [2.05, 4.69) is 19.5 Å². The molecule has 0 aliphatic carbocycles. The van der Waals surface area contributed by atoms with Crippen LogP contribution in [0.15, 0.2) is 34.0 Å². The third-order valence-corrected chi connectivity index (χ3v) is 4.72. The molecule has 25 heavy (non-hydrogen) atoms. The van der Waals surface area contributed by atoms with Crippen LogP contribution >= 0.6 is 0 Å². The van der Waals surface area contributed by atoms with Crippen LogP contribution in [0.5, 0.6) is 0 Å². The molecule has 1 aliphatic rings. The summed E-state index contributed by atoms with van der Waals surface area (Å²) in [6.45, 7) is 5.00. The van der Waals surface area contributed by atoms with Gasteiger partial charge < -0.3 is 9.47 Å². The van der Waals surface area contributed by atoms with Gasteiger partial charge in [0.1, 0.15) is 11.3 Å².